The SMILES string of the molecule is COC(=O)c1c(NC2CCC2)nn(CC(C)C)c1N. The van der Waals surface area contributed by atoms with Gasteiger partial charge in [-0.05, 0) is 25.2 Å². The normalized spacial score (nSPS) is 15.4. The predicted octanol–water partition coefficient (Wildman–Crippen LogP) is 1.87. The lowest BCUT2D eigenvalue weighted by molar-refractivity contribution is 0.0603. The molecule has 0 bridgehead atoms. The summed E-state index contributed by atoms with van der Waals surface area (Å²) in [6.07, 6.45) is 3.43. The van der Waals surface area contributed by atoms with Crippen molar-refractivity contribution in [3.63, 3.8) is 0 Å². The fourth-order valence-electron chi connectivity index (χ4n) is 2.11. The van der Waals surface area contributed by atoms with Crippen molar-refractivity contribution in [1.29, 1.82) is 0 Å². The highest BCUT2D eigenvalue weighted by Crippen LogP contribution is 2.28. The van der Waals surface area contributed by atoms with Crippen molar-refractivity contribution in [3.8, 4) is 0 Å². The maximum absolute atomic E-state index is 11.8. The Bertz CT molecular complexity index is 463. The number of hydrogen-bond acceptors (Lipinski definition) is 5. The average molecular weight is 266 g/mol. The van der Waals surface area contributed by atoms with Crippen LogP contribution in [0, 0.1) is 5.92 Å². The lowest BCUT2D eigenvalue weighted by Gasteiger charge is -2.26. The van der Waals surface area contributed by atoms with Gasteiger partial charge >= 0.3 is 5.97 Å². The van der Waals surface area contributed by atoms with Gasteiger partial charge < -0.3 is 15.8 Å². The van der Waals surface area contributed by atoms with Gasteiger partial charge in [0.05, 0.1) is 7.11 Å². The van der Waals surface area contributed by atoms with E-state index < -0.39 is 5.97 Å². The second-order valence-electron chi connectivity index (χ2n) is 5.45. The Balaban J connectivity index is 2.29. The lowest BCUT2D eigenvalue weighted by Crippen LogP contribution is -2.28. The summed E-state index contributed by atoms with van der Waals surface area (Å²) < 4.78 is 6.48. The minimum absolute atomic E-state index is 0.357. The van der Waals surface area contributed by atoms with Crippen LogP contribution in [0.25, 0.3) is 0 Å². The maximum Gasteiger partial charge on any atom is 0.345 e. The van der Waals surface area contributed by atoms with Crippen LogP contribution in [0.3, 0.4) is 0 Å². The summed E-state index contributed by atoms with van der Waals surface area (Å²) in [5.74, 6) is 0.899. The number of methoxy groups -OCH3 is 1. The average Bonchev–Trinajstić information content (AvgIpc) is 2.59. The van der Waals surface area contributed by atoms with Crippen molar-refractivity contribution in [1.82, 2.24) is 9.78 Å². The molecule has 1 aromatic rings. The Morgan fingerprint density at radius 3 is 2.74 bits per heavy atom. The first kappa shape index (κ1) is 13.7. The van der Waals surface area contributed by atoms with Crippen LogP contribution in [-0.2, 0) is 11.3 Å². The molecule has 0 amide bonds. The number of carbonyl (C=O) groups excluding carboxylic acids is 1. The molecule has 3 N–H and O–H groups in total. The first-order valence-corrected chi connectivity index (χ1v) is 6.74. The Morgan fingerprint density at radius 1 is 1.58 bits per heavy atom. The monoisotopic (exact) mass is 266 g/mol. The third-order valence-electron chi connectivity index (χ3n) is 3.37. The quantitative estimate of drug-likeness (QED) is 0.795. The van der Waals surface area contributed by atoms with Gasteiger partial charge in [0.25, 0.3) is 0 Å². The summed E-state index contributed by atoms with van der Waals surface area (Å²) in [5.41, 5.74) is 6.38. The van der Waals surface area contributed by atoms with Crippen molar-refractivity contribution < 1.29 is 9.53 Å². The number of rotatable bonds is 5. The topological polar surface area (TPSA) is 82.2 Å². The van der Waals surface area contributed by atoms with E-state index in [4.69, 9.17) is 10.5 Å². The number of anilines is 2. The smallest absolute Gasteiger partial charge is 0.345 e. The second-order valence-corrected chi connectivity index (χ2v) is 5.45. The molecule has 1 heterocycles. The number of carbonyl (C=O) groups is 1. The fourth-order valence-corrected chi connectivity index (χ4v) is 2.11. The van der Waals surface area contributed by atoms with Crippen LogP contribution < -0.4 is 11.1 Å². The molecule has 6 nitrogen and oxygen atoms in total. The molecule has 0 aliphatic heterocycles. The van der Waals surface area contributed by atoms with E-state index in [1.807, 2.05) is 0 Å². The minimum atomic E-state index is -0.436. The van der Waals surface area contributed by atoms with Crippen molar-refractivity contribution >= 4 is 17.6 Å². The van der Waals surface area contributed by atoms with E-state index in [2.05, 4.69) is 24.3 Å². The molecule has 0 aromatic carbocycles. The van der Waals surface area contributed by atoms with Crippen molar-refractivity contribution in [2.75, 3.05) is 18.2 Å². The van der Waals surface area contributed by atoms with E-state index in [0.29, 0.717) is 35.7 Å². The molecule has 1 fully saturated rings. The van der Waals surface area contributed by atoms with Gasteiger partial charge in [0, 0.05) is 12.6 Å². The van der Waals surface area contributed by atoms with Gasteiger partial charge in [-0.2, -0.15) is 5.10 Å². The molecule has 0 saturated heterocycles. The van der Waals surface area contributed by atoms with Crippen molar-refractivity contribution in [2.24, 2.45) is 5.92 Å². The number of nitrogens with one attached hydrogen (secondary N) is 1. The largest absolute Gasteiger partial charge is 0.465 e. The molecule has 0 atom stereocenters. The second kappa shape index (κ2) is 5.50. The predicted molar refractivity (Wildman–Crippen MR) is 74.1 cm³/mol. The fraction of sp³-hybridized carbons (Fsp3) is 0.692. The zero-order valence-electron chi connectivity index (χ0n) is 11.8. The molecule has 1 aliphatic rings. The summed E-state index contributed by atoms with van der Waals surface area (Å²) >= 11 is 0. The van der Waals surface area contributed by atoms with Crippen LogP contribution in [-0.4, -0.2) is 28.9 Å². The summed E-state index contributed by atoms with van der Waals surface area (Å²) in [6.45, 7) is 4.85. The first-order chi connectivity index (χ1) is 9.02. The maximum atomic E-state index is 11.8. The molecule has 0 spiro atoms. The number of nitrogens with zero attached hydrogens (tertiary/aromatic N) is 2. The van der Waals surface area contributed by atoms with Gasteiger partial charge in [-0.15, -0.1) is 0 Å². The molecule has 0 unspecified atom stereocenters. The molecule has 2 rings (SSSR count). The number of hydrogen-bond donors (Lipinski definition) is 2. The zero-order chi connectivity index (χ0) is 14.0. The first-order valence-electron chi connectivity index (χ1n) is 6.74. The molecule has 1 saturated carbocycles. The molecular weight excluding hydrogens is 244 g/mol. The van der Waals surface area contributed by atoms with Crippen LogP contribution in [0.4, 0.5) is 11.6 Å². The van der Waals surface area contributed by atoms with Crippen LogP contribution >= 0.6 is 0 Å². The van der Waals surface area contributed by atoms with E-state index in [1.165, 1.54) is 13.5 Å². The van der Waals surface area contributed by atoms with E-state index in [0.717, 1.165) is 12.8 Å². The number of nitrogens with two attached hydrogens (primary N) is 1. The molecule has 106 valence electrons. The Labute approximate surface area is 113 Å². The summed E-state index contributed by atoms with van der Waals surface area (Å²) in [7, 11) is 1.36. The third-order valence-corrected chi connectivity index (χ3v) is 3.37. The number of aromatic nitrogens is 2. The van der Waals surface area contributed by atoms with Crippen LogP contribution in [0.1, 0.15) is 43.5 Å². The minimum Gasteiger partial charge on any atom is -0.465 e. The van der Waals surface area contributed by atoms with Crippen LogP contribution in [0.5, 0.6) is 0 Å². The molecule has 1 aliphatic carbocycles. The number of ether oxygens (including phenoxy) is 1. The summed E-state index contributed by atoms with van der Waals surface area (Å²) in [4.78, 5) is 11.8. The van der Waals surface area contributed by atoms with Gasteiger partial charge in [0.2, 0.25) is 0 Å². The third kappa shape index (κ3) is 2.83. The van der Waals surface area contributed by atoms with E-state index in [9.17, 15) is 4.79 Å². The number of nitrogen functional groups attached to an aromatic ring is 1. The lowest BCUT2D eigenvalue weighted by atomic mass is 9.93. The zero-order valence-corrected chi connectivity index (χ0v) is 11.8. The van der Waals surface area contributed by atoms with Crippen LogP contribution in [0.15, 0.2) is 0 Å². The van der Waals surface area contributed by atoms with Crippen LogP contribution in [0.2, 0.25) is 0 Å². The van der Waals surface area contributed by atoms with Gasteiger partial charge in [-0.1, -0.05) is 13.8 Å². The van der Waals surface area contributed by atoms with Gasteiger partial charge in [0.1, 0.15) is 11.4 Å². The summed E-state index contributed by atoms with van der Waals surface area (Å²) in [5, 5.41) is 7.70. The Morgan fingerprint density at radius 2 is 2.26 bits per heavy atom. The van der Waals surface area contributed by atoms with Crippen molar-refractivity contribution in [2.45, 2.75) is 45.7 Å². The molecule has 6 heteroatoms. The van der Waals surface area contributed by atoms with Gasteiger partial charge in [-0.25, -0.2) is 9.48 Å². The Hall–Kier alpha value is -1.72. The highest BCUT2D eigenvalue weighted by molar-refractivity contribution is 5.99. The number of esters is 1. The van der Waals surface area contributed by atoms with E-state index in [-0.39, 0.29) is 0 Å². The molecular formula is C13H22N4O2. The molecule has 1 aromatic heterocycles. The van der Waals surface area contributed by atoms with E-state index in [1.54, 1.807) is 4.68 Å². The molecule has 0 radical (unpaired) electrons. The molecule has 19 heavy (non-hydrogen) atoms. The van der Waals surface area contributed by atoms with Gasteiger partial charge in [-0.3, -0.25) is 0 Å². The van der Waals surface area contributed by atoms with E-state index >= 15 is 0 Å². The standard InChI is InChI=1S/C13H22N4O2/c1-8(2)7-17-11(14)10(13(18)19-3)12(16-17)15-9-5-4-6-9/h8-9H,4-7,14H2,1-3H3,(H,15,16). The van der Waals surface area contributed by atoms with Crippen molar-refractivity contribution in [3.05, 3.63) is 5.56 Å². The highest BCUT2D eigenvalue weighted by Gasteiger charge is 2.26. The van der Waals surface area contributed by atoms with Gasteiger partial charge in [0.15, 0.2) is 5.82 Å². The summed E-state index contributed by atoms with van der Waals surface area (Å²) in [6, 6.07) is 0.394. The Kier molecular flexibility index (Phi) is 3.97. The highest BCUT2D eigenvalue weighted by atomic mass is 16.5.